The Bertz CT molecular complexity index is 609. The molecule has 0 spiro atoms. The van der Waals surface area contributed by atoms with Gasteiger partial charge in [0.15, 0.2) is 14.4 Å². The first-order valence-corrected chi connectivity index (χ1v) is 11.2. The fourth-order valence-electron chi connectivity index (χ4n) is 2.54. The second-order valence-corrected chi connectivity index (χ2v) is 12.6. The Morgan fingerprint density at radius 1 is 1.21 bits per heavy atom. The highest BCUT2D eigenvalue weighted by Crippen LogP contribution is 2.38. The summed E-state index contributed by atoms with van der Waals surface area (Å²) in [5.74, 6) is -0.526. The van der Waals surface area contributed by atoms with Crippen molar-refractivity contribution in [1.29, 1.82) is 0 Å². The average Bonchev–Trinajstić information content (AvgIpc) is 2.72. The SMILES string of the molecule is C[C@H](O[Si](C)(C)C(C)(C)C)[C@H]1C(=O)OC(=O)N1Cc1ccccc1. The van der Waals surface area contributed by atoms with Gasteiger partial charge < -0.3 is 9.16 Å². The lowest BCUT2D eigenvalue weighted by atomic mass is 10.1. The van der Waals surface area contributed by atoms with Crippen LogP contribution in [0.4, 0.5) is 4.79 Å². The van der Waals surface area contributed by atoms with E-state index in [1.54, 1.807) is 0 Å². The van der Waals surface area contributed by atoms with E-state index in [1.807, 2.05) is 37.3 Å². The van der Waals surface area contributed by atoms with Crippen molar-refractivity contribution >= 4 is 20.4 Å². The lowest BCUT2D eigenvalue weighted by Crippen LogP contribution is -2.51. The number of benzene rings is 1. The van der Waals surface area contributed by atoms with Crippen molar-refractivity contribution in [1.82, 2.24) is 4.90 Å². The monoisotopic (exact) mass is 349 g/mol. The molecular weight excluding hydrogens is 322 g/mol. The van der Waals surface area contributed by atoms with Gasteiger partial charge in [0, 0.05) is 0 Å². The third-order valence-electron chi connectivity index (χ3n) is 4.93. The van der Waals surface area contributed by atoms with Gasteiger partial charge in [0.2, 0.25) is 0 Å². The number of rotatable bonds is 5. The summed E-state index contributed by atoms with van der Waals surface area (Å²) in [7, 11) is -2.05. The number of amides is 1. The molecule has 0 unspecified atom stereocenters. The summed E-state index contributed by atoms with van der Waals surface area (Å²) >= 11 is 0. The second-order valence-electron chi connectivity index (χ2n) is 7.83. The molecule has 1 aliphatic heterocycles. The van der Waals surface area contributed by atoms with Gasteiger partial charge in [-0.2, -0.15) is 0 Å². The number of nitrogens with zero attached hydrogens (tertiary/aromatic N) is 1. The summed E-state index contributed by atoms with van der Waals surface area (Å²) in [4.78, 5) is 25.8. The van der Waals surface area contributed by atoms with Gasteiger partial charge in [-0.25, -0.2) is 9.59 Å². The van der Waals surface area contributed by atoms with E-state index in [4.69, 9.17) is 9.16 Å². The average molecular weight is 350 g/mol. The van der Waals surface area contributed by atoms with Gasteiger partial charge in [-0.3, -0.25) is 4.90 Å². The maximum Gasteiger partial charge on any atom is 0.418 e. The van der Waals surface area contributed by atoms with Crippen LogP contribution in [0.5, 0.6) is 0 Å². The minimum atomic E-state index is -2.05. The summed E-state index contributed by atoms with van der Waals surface area (Å²) in [5.41, 5.74) is 0.952. The molecule has 0 saturated carbocycles. The van der Waals surface area contributed by atoms with Gasteiger partial charge in [-0.15, -0.1) is 0 Å². The van der Waals surface area contributed by atoms with E-state index in [-0.39, 0.29) is 5.04 Å². The minimum Gasteiger partial charge on any atom is -0.411 e. The first-order valence-electron chi connectivity index (χ1n) is 8.27. The Morgan fingerprint density at radius 2 is 1.79 bits per heavy atom. The van der Waals surface area contributed by atoms with Crippen LogP contribution in [0, 0.1) is 0 Å². The molecular formula is C18H27NO4Si. The molecule has 0 aromatic heterocycles. The fraction of sp³-hybridized carbons (Fsp3) is 0.556. The molecule has 1 aromatic rings. The maximum absolute atomic E-state index is 12.2. The van der Waals surface area contributed by atoms with Crippen molar-refractivity contribution in [3.8, 4) is 0 Å². The van der Waals surface area contributed by atoms with Crippen LogP contribution in [-0.2, 0) is 20.5 Å². The molecule has 1 fully saturated rings. The van der Waals surface area contributed by atoms with E-state index in [9.17, 15) is 9.59 Å². The molecule has 0 radical (unpaired) electrons. The predicted molar refractivity (Wildman–Crippen MR) is 95.0 cm³/mol. The highest BCUT2D eigenvalue weighted by molar-refractivity contribution is 6.74. The number of ether oxygens (including phenoxy) is 1. The molecule has 2 atom stereocenters. The van der Waals surface area contributed by atoms with Gasteiger partial charge in [0.05, 0.1) is 12.6 Å². The lowest BCUT2D eigenvalue weighted by molar-refractivity contribution is -0.138. The van der Waals surface area contributed by atoms with Gasteiger partial charge >= 0.3 is 12.1 Å². The molecule has 5 nitrogen and oxygen atoms in total. The quantitative estimate of drug-likeness (QED) is 0.459. The topological polar surface area (TPSA) is 55.8 Å². The Morgan fingerprint density at radius 3 is 2.33 bits per heavy atom. The van der Waals surface area contributed by atoms with Crippen LogP contribution < -0.4 is 0 Å². The molecule has 1 amide bonds. The summed E-state index contributed by atoms with van der Waals surface area (Å²) in [6.07, 6.45) is -1.01. The zero-order chi connectivity index (χ0) is 18.1. The summed E-state index contributed by atoms with van der Waals surface area (Å²) < 4.78 is 11.2. The van der Waals surface area contributed by atoms with E-state index in [1.165, 1.54) is 4.90 Å². The van der Waals surface area contributed by atoms with Crippen LogP contribution >= 0.6 is 0 Å². The van der Waals surface area contributed by atoms with E-state index in [0.717, 1.165) is 5.56 Å². The number of carbonyl (C=O) groups is 2. The molecule has 6 heteroatoms. The van der Waals surface area contributed by atoms with Crippen molar-refractivity contribution < 1.29 is 18.8 Å². The predicted octanol–water partition coefficient (Wildman–Crippen LogP) is 3.94. The van der Waals surface area contributed by atoms with Crippen LogP contribution in [-0.4, -0.2) is 37.4 Å². The smallest absolute Gasteiger partial charge is 0.411 e. The highest BCUT2D eigenvalue weighted by Gasteiger charge is 2.48. The van der Waals surface area contributed by atoms with Crippen LogP contribution in [0.1, 0.15) is 33.3 Å². The third-order valence-corrected chi connectivity index (χ3v) is 9.50. The van der Waals surface area contributed by atoms with Gasteiger partial charge in [-0.1, -0.05) is 51.1 Å². The highest BCUT2D eigenvalue weighted by atomic mass is 28.4. The number of cyclic esters (lactones) is 2. The van der Waals surface area contributed by atoms with Crippen molar-refractivity contribution in [2.75, 3.05) is 0 Å². The summed E-state index contributed by atoms with van der Waals surface area (Å²) in [5, 5.41) is 0.0258. The third kappa shape index (κ3) is 3.87. The van der Waals surface area contributed by atoms with E-state index in [2.05, 4.69) is 33.9 Å². The fourth-order valence-corrected chi connectivity index (χ4v) is 3.95. The maximum atomic E-state index is 12.2. The first kappa shape index (κ1) is 18.7. The second kappa shape index (κ2) is 6.68. The largest absolute Gasteiger partial charge is 0.418 e. The van der Waals surface area contributed by atoms with Crippen molar-refractivity contribution in [3.63, 3.8) is 0 Å². The Labute approximate surface area is 145 Å². The number of hydrogen-bond donors (Lipinski definition) is 0. The van der Waals surface area contributed by atoms with Gasteiger partial charge in [0.25, 0.3) is 0 Å². The standard InChI is InChI=1S/C18H27NO4Si/c1-13(23-24(5,6)18(2,3)4)15-16(20)22-17(21)19(15)12-14-10-8-7-9-11-14/h7-11,13,15H,12H2,1-6H3/t13-,15-/m0/s1. The molecule has 1 heterocycles. The molecule has 1 aliphatic rings. The van der Waals surface area contributed by atoms with Gasteiger partial charge in [-0.05, 0) is 30.6 Å². The molecule has 0 N–H and O–H groups in total. The minimum absolute atomic E-state index is 0.0258. The first-order chi connectivity index (χ1) is 11.0. The number of hydrogen-bond acceptors (Lipinski definition) is 4. The van der Waals surface area contributed by atoms with Crippen LogP contribution in [0.25, 0.3) is 0 Å². The molecule has 24 heavy (non-hydrogen) atoms. The molecule has 0 aliphatic carbocycles. The Balaban J connectivity index is 2.19. The Hall–Kier alpha value is -1.66. The zero-order valence-electron chi connectivity index (χ0n) is 15.3. The summed E-state index contributed by atoms with van der Waals surface area (Å²) in [6, 6.07) is 8.87. The molecule has 2 rings (SSSR count). The normalized spacial score (nSPS) is 20.2. The van der Waals surface area contributed by atoms with E-state index < -0.39 is 32.5 Å². The van der Waals surface area contributed by atoms with E-state index in [0.29, 0.717) is 6.54 Å². The van der Waals surface area contributed by atoms with Gasteiger partial charge in [0.1, 0.15) is 0 Å². The Kier molecular flexibility index (Phi) is 5.20. The summed E-state index contributed by atoms with van der Waals surface area (Å²) in [6.45, 7) is 12.9. The van der Waals surface area contributed by atoms with Crippen LogP contribution in [0.2, 0.25) is 18.1 Å². The van der Waals surface area contributed by atoms with Crippen molar-refractivity contribution in [2.24, 2.45) is 0 Å². The molecule has 1 saturated heterocycles. The van der Waals surface area contributed by atoms with Crippen LogP contribution in [0.15, 0.2) is 30.3 Å². The molecule has 0 bridgehead atoms. The van der Waals surface area contributed by atoms with Crippen molar-refractivity contribution in [2.45, 2.75) is 64.5 Å². The number of esters is 1. The van der Waals surface area contributed by atoms with Crippen molar-refractivity contribution in [3.05, 3.63) is 35.9 Å². The van der Waals surface area contributed by atoms with Crippen LogP contribution in [0.3, 0.4) is 0 Å². The molecule has 132 valence electrons. The lowest BCUT2D eigenvalue weighted by Gasteiger charge is -2.40. The number of carbonyl (C=O) groups excluding carboxylic acids is 2. The molecule has 1 aromatic carbocycles. The van der Waals surface area contributed by atoms with E-state index >= 15 is 0 Å². The zero-order valence-corrected chi connectivity index (χ0v) is 16.3.